The molecule has 1 saturated heterocycles. The predicted octanol–water partition coefficient (Wildman–Crippen LogP) is 1.71. The van der Waals surface area contributed by atoms with Crippen molar-refractivity contribution in [1.82, 2.24) is 9.80 Å². The highest BCUT2D eigenvalue weighted by atomic mass is 16.5. The monoisotopic (exact) mass is 332 g/mol. The minimum Gasteiger partial charge on any atom is -0.496 e. The van der Waals surface area contributed by atoms with Crippen molar-refractivity contribution in [1.29, 1.82) is 0 Å². The molecule has 1 heterocycles. The zero-order valence-corrected chi connectivity index (χ0v) is 14.6. The molecule has 0 bridgehead atoms. The molecule has 24 heavy (non-hydrogen) atoms. The fourth-order valence-electron chi connectivity index (χ4n) is 3.60. The summed E-state index contributed by atoms with van der Waals surface area (Å²) >= 11 is 0. The second kappa shape index (κ2) is 7.53. The number of nitrogens with zero attached hydrogens (tertiary/aromatic N) is 2. The molecule has 1 N–H and O–H groups in total. The van der Waals surface area contributed by atoms with Gasteiger partial charge in [0.1, 0.15) is 5.75 Å². The number of benzene rings is 1. The van der Waals surface area contributed by atoms with Gasteiger partial charge in [-0.1, -0.05) is 25.1 Å². The van der Waals surface area contributed by atoms with Crippen LogP contribution < -0.4 is 4.74 Å². The fraction of sp³-hybridized carbons (Fsp3) is 0.632. The highest BCUT2D eigenvalue weighted by Crippen LogP contribution is 2.51. The molecule has 0 radical (unpaired) electrons. The molecule has 1 aromatic carbocycles. The number of rotatable bonds is 6. The number of hydrogen-bond acceptors (Lipinski definition) is 4. The molecule has 1 aliphatic carbocycles. The van der Waals surface area contributed by atoms with Gasteiger partial charge in [-0.15, -0.1) is 0 Å². The van der Waals surface area contributed by atoms with Crippen molar-refractivity contribution < 1.29 is 14.6 Å². The van der Waals surface area contributed by atoms with Gasteiger partial charge < -0.3 is 14.7 Å². The number of piperazine rings is 1. The number of hydrogen-bond donors (Lipinski definition) is 1. The molecule has 2 fully saturated rings. The summed E-state index contributed by atoms with van der Waals surface area (Å²) in [6, 6.07) is 8.01. The Hall–Kier alpha value is -1.59. The Morgan fingerprint density at radius 1 is 1.29 bits per heavy atom. The van der Waals surface area contributed by atoms with Crippen molar-refractivity contribution in [3.05, 3.63) is 29.8 Å². The molecule has 132 valence electrons. The SMILES string of the molecule is CC[C@H](O)CN1CCN(C(=O)[C@@H]2C[C@@H]2c2ccccc2OC)CC1. The molecule has 3 rings (SSSR count). The normalized spacial score (nSPS) is 25.4. The van der Waals surface area contributed by atoms with E-state index in [0.29, 0.717) is 12.5 Å². The third-order valence-corrected chi connectivity index (χ3v) is 5.27. The van der Waals surface area contributed by atoms with E-state index in [1.165, 1.54) is 0 Å². The lowest BCUT2D eigenvalue weighted by Gasteiger charge is -2.35. The Labute approximate surface area is 144 Å². The number of aliphatic hydroxyl groups excluding tert-OH is 1. The van der Waals surface area contributed by atoms with Crippen LogP contribution in [0.15, 0.2) is 24.3 Å². The number of para-hydroxylation sites is 1. The van der Waals surface area contributed by atoms with Crippen LogP contribution in [0.25, 0.3) is 0 Å². The fourth-order valence-corrected chi connectivity index (χ4v) is 3.60. The van der Waals surface area contributed by atoms with Crippen LogP contribution in [0.2, 0.25) is 0 Å². The highest BCUT2D eigenvalue weighted by molar-refractivity contribution is 5.83. The Morgan fingerprint density at radius 2 is 2.00 bits per heavy atom. The first-order valence-corrected chi connectivity index (χ1v) is 8.96. The molecular formula is C19H28N2O3. The summed E-state index contributed by atoms with van der Waals surface area (Å²) in [5.41, 5.74) is 1.16. The molecule has 1 aromatic rings. The van der Waals surface area contributed by atoms with Crippen molar-refractivity contribution in [3.63, 3.8) is 0 Å². The second-order valence-electron chi connectivity index (χ2n) is 6.88. The minimum atomic E-state index is -0.259. The van der Waals surface area contributed by atoms with E-state index >= 15 is 0 Å². The lowest BCUT2D eigenvalue weighted by Crippen LogP contribution is -2.50. The number of β-amino-alcohol motifs (C(OH)–C–C–N with tert-alkyl or cyclic N) is 1. The first-order valence-electron chi connectivity index (χ1n) is 8.96. The van der Waals surface area contributed by atoms with E-state index in [-0.39, 0.29) is 17.9 Å². The van der Waals surface area contributed by atoms with Crippen LogP contribution in [0.4, 0.5) is 0 Å². The van der Waals surface area contributed by atoms with Crippen LogP contribution in [0, 0.1) is 5.92 Å². The summed E-state index contributed by atoms with van der Waals surface area (Å²) in [6.07, 6.45) is 1.45. The van der Waals surface area contributed by atoms with Crippen molar-refractivity contribution in [2.24, 2.45) is 5.92 Å². The lowest BCUT2D eigenvalue weighted by molar-refractivity contribution is -0.134. The quantitative estimate of drug-likeness (QED) is 0.862. The largest absolute Gasteiger partial charge is 0.496 e. The van der Waals surface area contributed by atoms with Gasteiger partial charge in [0.25, 0.3) is 0 Å². The third-order valence-electron chi connectivity index (χ3n) is 5.27. The van der Waals surface area contributed by atoms with E-state index in [9.17, 15) is 9.90 Å². The zero-order chi connectivity index (χ0) is 17.1. The van der Waals surface area contributed by atoms with Crippen molar-refractivity contribution in [2.45, 2.75) is 31.8 Å². The number of carbonyl (C=O) groups excluding carboxylic acids is 1. The minimum absolute atomic E-state index is 0.106. The molecule has 0 spiro atoms. The van der Waals surface area contributed by atoms with Gasteiger partial charge >= 0.3 is 0 Å². The van der Waals surface area contributed by atoms with E-state index in [4.69, 9.17) is 4.74 Å². The first kappa shape index (κ1) is 17.2. The summed E-state index contributed by atoms with van der Waals surface area (Å²) in [4.78, 5) is 17.0. The Morgan fingerprint density at radius 3 is 2.67 bits per heavy atom. The van der Waals surface area contributed by atoms with E-state index in [2.05, 4.69) is 11.0 Å². The van der Waals surface area contributed by atoms with Crippen LogP contribution in [-0.2, 0) is 4.79 Å². The standard InChI is InChI=1S/C19H28N2O3/c1-3-14(22)13-20-8-10-21(11-9-20)19(23)17-12-16(17)15-6-4-5-7-18(15)24-2/h4-7,14,16-17,22H,3,8-13H2,1-2H3/t14-,16+,17+/m0/s1. The number of aliphatic hydroxyl groups is 1. The van der Waals surface area contributed by atoms with Gasteiger partial charge in [0.15, 0.2) is 0 Å². The van der Waals surface area contributed by atoms with Crippen LogP contribution >= 0.6 is 0 Å². The molecule has 0 unspecified atom stereocenters. The molecule has 1 aliphatic heterocycles. The van der Waals surface area contributed by atoms with Gasteiger partial charge in [-0.3, -0.25) is 9.69 Å². The average molecular weight is 332 g/mol. The van der Waals surface area contributed by atoms with E-state index in [0.717, 1.165) is 50.3 Å². The molecule has 0 aromatic heterocycles. The van der Waals surface area contributed by atoms with Crippen molar-refractivity contribution in [3.8, 4) is 5.75 Å². The molecule has 1 saturated carbocycles. The molecular weight excluding hydrogens is 304 g/mol. The maximum Gasteiger partial charge on any atom is 0.226 e. The summed E-state index contributed by atoms with van der Waals surface area (Å²) in [6.45, 7) is 5.96. The number of carbonyl (C=O) groups is 1. The maximum absolute atomic E-state index is 12.7. The van der Waals surface area contributed by atoms with E-state index < -0.39 is 0 Å². The average Bonchev–Trinajstić information content (AvgIpc) is 3.42. The Balaban J connectivity index is 1.52. The van der Waals surface area contributed by atoms with Crippen LogP contribution in [-0.4, -0.2) is 66.8 Å². The second-order valence-corrected chi connectivity index (χ2v) is 6.88. The van der Waals surface area contributed by atoms with Gasteiger partial charge in [-0.2, -0.15) is 0 Å². The summed E-state index contributed by atoms with van der Waals surface area (Å²) in [7, 11) is 1.68. The molecule has 3 atom stereocenters. The number of amides is 1. The Bertz CT molecular complexity index is 569. The molecule has 2 aliphatic rings. The van der Waals surface area contributed by atoms with Gasteiger partial charge in [0, 0.05) is 38.6 Å². The van der Waals surface area contributed by atoms with Crippen molar-refractivity contribution in [2.75, 3.05) is 39.8 Å². The third kappa shape index (κ3) is 3.73. The van der Waals surface area contributed by atoms with Gasteiger partial charge in [-0.05, 0) is 30.4 Å². The van der Waals surface area contributed by atoms with E-state index in [1.807, 2.05) is 30.0 Å². The Kier molecular flexibility index (Phi) is 5.41. The smallest absolute Gasteiger partial charge is 0.226 e. The van der Waals surface area contributed by atoms with Gasteiger partial charge in [0.05, 0.1) is 13.2 Å². The van der Waals surface area contributed by atoms with Crippen LogP contribution in [0.1, 0.15) is 31.2 Å². The topological polar surface area (TPSA) is 53.0 Å². The highest BCUT2D eigenvalue weighted by Gasteiger charge is 2.47. The van der Waals surface area contributed by atoms with Crippen LogP contribution in [0.3, 0.4) is 0 Å². The summed E-state index contributed by atoms with van der Waals surface area (Å²) in [5.74, 6) is 1.57. The molecule has 1 amide bonds. The van der Waals surface area contributed by atoms with Gasteiger partial charge in [-0.25, -0.2) is 0 Å². The van der Waals surface area contributed by atoms with E-state index in [1.54, 1.807) is 7.11 Å². The van der Waals surface area contributed by atoms with Crippen LogP contribution in [0.5, 0.6) is 5.75 Å². The molecule has 5 heteroatoms. The summed E-state index contributed by atoms with van der Waals surface area (Å²) < 4.78 is 5.43. The summed E-state index contributed by atoms with van der Waals surface area (Å²) in [5, 5.41) is 9.76. The number of ether oxygens (including phenoxy) is 1. The first-order chi connectivity index (χ1) is 11.6. The van der Waals surface area contributed by atoms with Crippen molar-refractivity contribution >= 4 is 5.91 Å². The lowest BCUT2D eigenvalue weighted by atomic mass is 10.1. The maximum atomic E-state index is 12.7. The zero-order valence-electron chi connectivity index (χ0n) is 14.6. The predicted molar refractivity (Wildman–Crippen MR) is 93.2 cm³/mol. The molecule has 5 nitrogen and oxygen atoms in total. The van der Waals surface area contributed by atoms with Gasteiger partial charge in [0.2, 0.25) is 5.91 Å². The number of methoxy groups -OCH3 is 1.